The highest BCUT2D eigenvalue weighted by Crippen LogP contribution is 2.60. The molecule has 6 rings (SSSR count). The molecule has 4 aliphatic carbocycles. The Balaban J connectivity index is 1.31. The van der Waals surface area contributed by atoms with E-state index < -0.39 is 0 Å². The Morgan fingerprint density at radius 3 is 2.34 bits per heavy atom. The number of halogens is 2. The van der Waals surface area contributed by atoms with Crippen LogP contribution in [0.25, 0.3) is 6.08 Å². The molecule has 0 amide bonds. The molecule has 3 nitrogen and oxygen atoms in total. The third-order valence-electron chi connectivity index (χ3n) is 7.57. The Labute approximate surface area is 203 Å². The van der Waals surface area contributed by atoms with Crippen LogP contribution in [0.2, 0.25) is 5.02 Å². The number of benzene rings is 2. The quantitative estimate of drug-likeness (QED) is 0.358. The summed E-state index contributed by atoms with van der Waals surface area (Å²) in [5.41, 5.74) is 1.82. The molecule has 0 radical (unpaired) electrons. The van der Waals surface area contributed by atoms with Gasteiger partial charge in [0.15, 0.2) is 5.78 Å². The smallest absolute Gasteiger partial charge is 0.161 e. The molecule has 0 spiro atoms. The second-order valence-corrected chi connectivity index (χ2v) is 11.1. The fourth-order valence-corrected chi connectivity index (χ4v) is 7.32. The lowest BCUT2D eigenvalue weighted by atomic mass is 9.48. The molecule has 0 atom stereocenters. The summed E-state index contributed by atoms with van der Waals surface area (Å²) >= 11 is 9.51. The minimum atomic E-state index is -0.0927. The predicted octanol–water partition coefficient (Wildman–Crippen LogP) is 7.49. The Hall–Kier alpha value is -1.78. The minimum absolute atomic E-state index is 0.0927. The lowest BCUT2D eigenvalue weighted by Gasteiger charge is -2.55. The molecule has 5 heteroatoms. The van der Waals surface area contributed by atoms with Gasteiger partial charge in [-0.2, -0.15) is 0 Å². The van der Waals surface area contributed by atoms with Crippen molar-refractivity contribution in [3.05, 3.63) is 63.1 Å². The molecule has 0 aliphatic heterocycles. The van der Waals surface area contributed by atoms with E-state index in [0.29, 0.717) is 17.4 Å². The molecule has 32 heavy (non-hydrogen) atoms. The SMILES string of the molecule is COc1ccc(/C=C/C(=O)C23CC4CC(CC(C4)C2)C3)cc1COc1ccc(Cl)cc1Br. The van der Waals surface area contributed by atoms with Gasteiger partial charge in [-0.05, 0) is 114 Å². The van der Waals surface area contributed by atoms with Crippen LogP contribution in [0.4, 0.5) is 0 Å². The van der Waals surface area contributed by atoms with Crippen molar-refractivity contribution in [3.63, 3.8) is 0 Å². The van der Waals surface area contributed by atoms with E-state index in [9.17, 15) is 4.79 Å². The molecule has 0 aromatic heterocycles. The van der Waals surface area contributed by atoms with Crippen LogP contribution in [-0.4, -0.2) is 12.9 Å². The number of carbonyl (C=O) groups excluding carboxylic acids is 1. The van der Waals surface area contributed by atoms with Gasteiger partial charge in [0.2, 0.25) is 0 Å². The molecule has 168 valence electrons. The van der Waals surface area contributed by atoms with Crippen LogP contribution < -0.4 is 9.47 Å². The first-order valence-corrected chi connectivity index (χ1v) is 12.6. The molecule has 4 fully saturated rings. The molecule has 0 unspecified atom stereocenters. The highest BCUT2D eigenvalue weighted by atomic mass is 79.9. The maximum absolute atomic E-state index is 13.3. The predicted molar refractivity (Wildman–Crippen MR) is 131 cm³/mol. The van der Waals surface area contributed by atoms with Crippen molar-refractivity contribution >= 4 is 39.4 Å². The van der Waals surface area contributed by atoms with E-state index in [1.807, 2.05) is 42.5 Å². The largest absolute Gasteiger partial charge is 0.496 e. The standard InChI is InChI=1S/C27H28BrClO3/c1-31-24-5-2-17(11-21(24)16-32-25-6-4-22(29)12-23(25)28)3-7-26(30)27-13-18-8-19(14-27)10-20(9-18)15-27/h2-7,11-12,18-20H,8-10,13-16H2,1H3/b7-3+. The van der Waals surface area contributed by atoms with Crippen molar-refractivity contribution < 1.29 is 14.3 Å². The second-order valence-electron chi connectivity index (χ2n) is 9.83. The van der Waals surface area contributed by atoms with Crippen molar-refractivity contribution in [2.24, 2.45) is 23.2 Å². The fourth-order valence-electron chi connectivity index (χ4n) is 6.52. The average molecular weight is 516 g/mol. The summed E-state index contributed by atoms with van der Waals surface area (Å²) in [5.74, 6) is 4.13. The minimum Gasteiger partial charge on any atom is -0.496 e. The van der Waals surface area contributed by atoms with E-state index in [-0.39, 0.29) is 5.41 Å². The van der Waals surface area contributed by atoms with E-state index in [0.717, 1.165) is 64.1 Å². The van der Waals surface area contributed by atoms with Gasteiger partial charge in [0, 0.05) is 16.0 Å². The summed E-state index contributed by atoms with van der Waals surface area (Å²) in [4.78, 5) is 13.3. The maximum Gasteiger partial charge on any atom is 0.161 e. The Kier molecular flexibility index (Phi) is 6.11. The number of hydrogen-bond donors (Lipinski definition) is 0. The molecular formula is C27H28BrClO3. The molecule has 4 aliphatic rings. The van der Waals surface area contributed by atoms with Gasteiger partial charge in [-0.25, -0.2) is 0 Å². The first-order valence-electron chi connectivity index (χ1n) is 11.4. The molecule has 2 aromatic rings. The van der Waals surface area contributed by atoms with E-state index in [2.05, 4.69) is 15.9 Å². The van der Waals surface area contributed by atoms with Crippen LogP contribution in [0.15, 0.2) is 46.9 Å². The highest BCUT2D eigenvalue weighted by Gasteiger charge is 2.53. The van der Waals surface area contributed by atoms with Crippen LogP contribution in [0.3, 0.4) is 0 Å². The topological polar surface area (TPSA) is 35.5 Å². The molecule has 0 heterocycles. The van der Waals surface area contributed by atoms with Crippen LogP contribution in [0.1, 0.15) is 49.7 Å². The number of rotatable bonds is 7. The van der Waals surface area contributed by atoms with Gasteiger partial charge in [0.25, 0.3) is 0 Å². The van der Waals surface area contributed by atoms with Crippen LogP contribution in [-0.2, 0) is 11.4 Å². The zero-order chi connectivity index (χ0) is 22.3. The van der Waals surface area contributed by atoms with E-state index in [1.165, 1.54) is 19.3 Å². The Morgan fingerprint density at radius 2 is 1.72 bits per heavy atom. The summed E-state index contributed by atoms with van der Waals surface area (Å²) < 4.78 is 12.3. The first-order chi connectivity index (χ1) is 15.4. The molecule has 4 saturated carbocycles. The Bertz CT molecular complexity index is 1030. The lowest BCUT2D eigenvalue weighted by Crippen LogP contribution is -2.49. The zero-order valence-corrected chi connectivity index (χ0v) is 20.6. The van der Waals surface area contributed by atoms with Crippen molar-refractivity contribution in [2.75, 3.05) is 7.11 Å². The highest BCUT2D eigenvalue weighted by molar-refractivity contribution is 9.10. The summed E-state index contributed by atoms with van der Waals surface area (Å²) in [6.45, 7) is 0.355. The number of carbonyl (C=O) groups is 1. The van der Waals surface area contributed by atoms with Crippen LogP contribution in [0.5, 0.6) is 11.5 Å². The molecule has 2 aromatic carbocycles. The van der Waals surface area contributed by atoms with Gasteiger partial charge in [-0.1, -0.05) is 23.7 Å². The van der Waals surface area contributed by atoms with Crippen molar-refractivity contribution in [1.82, 2.24) is 0 Å². The Morgan fingerprint density at radius 1 is 1.06 bits per heavy atom. The third kappa shape index (κ3) is 4.36. The maximum atomic E-state index is 13.3. The van der Waals surface area contributed by atoms with E-state index in [1.54, 1.807) is 13.2 Å². The summed E-state index contributed by atoms with van der Waals surface area (Å²) in [6.07, 6.45) is 11.1. The van der Waals surface area contributed by atoms with Crippen molar-refractivity contribution in [1.29, 1.82) is 0 Å². The fraction of sp³-hybridized carbons (Fsp3) is 0.444. The summed E-state index contributed by atoms with van der Waals surface area (Å²) in [6, 6.07) is 11.4. The van der Waals surface area contributed by atoms with Crippen molar-refractivity contribution in [2.45, 2.75) is 45.1 Å². The van der Waals surface area contributed by atoms with E-state index in [4.69, 9.17) is 21.1 Å². The monoisotopic (exact) mass is 514 g/mol. The van der Waals surface area contributed by atoms with Crippen molar-refractivity contribution in [3.8, 4) is 11.5 Å². The summed E-state index contributed by atoms with van der Waals surface area (Å²) in [5, 5.41) is 0.651. The van der Waals surface area contributed by atoms with Gasteiger partial charge in [-0.15, -0.1) is 0 Å². The average Bonchev–Trinajstić information content (AvgIpc) is 2.76. The number of allylic oxidation sites excluding steroid dienone is 1. The van der Waals surface area contributed by atoms with Gasteiger partial charge in [0.1, 0.15) is 18.1 Å². The first kappa shape index (κ1) is 22.0. The van der Waals surface area contributed by atoms with Gasteiger partial charge in [-0.3, -0.25) is 4.79 Å². The van der Waals surface area contributed by atoms with E-state index >= 15 is 0 Å². The van der Waals surface area contributed by atoms with Gasteiger partial charge < -0.3 is 9.47 Å². The normalized spacial score (nSPS) is 28.3. The second kappa shape index (κ2) is 8.87. The number of methoxy groups -OCH3 is 1. The zero-order valence-electron chi connectivity index (χ0n) is 18.3. The molecule has 0 N–H and O–H groups in total. The van der Waals surface area contributed by atoms with Gasteiger partial charge in [0.05, 0.1) is 11.6 Å². The summed E-state index contributed by atoms with van der Waals surface area (Å²) in [7, 11) is 1.66. The van der Waals surface area contributed by atoms with Crippen LogP contribution >= 0.6 is 27.5 Å². The van der Waals surface area contributed by atoms with Gasteiger partial charge >= 0.3 is 0 Å². The molecular weight excluding hydrogens is 488 g/mol. The molecule has 4 bridgehead atoms. The number of ketones is 1. The number of ether oxygens (including phenoxy) is 2. The number of hydrogen-bond acceptors (Lipinski definition) is 3. The van der Waals surface area contributed by atoms with Crippen LogP contribution in [0, 0.1) is 23.2 Å². The third-order valence-corrected chi connectivity index (χ3v) is 8.42. The molecule has 0 saturated heterocycles. The lowest BCUT2D eigenvalue weighted by molar-refractivity contribution is -0.138.